The minimum atomic E-state index is -3.21. The molecule has 0 aliphatic rings. The highest BCUT2D eigenvalue weighted by atomic mass is 32.2. The minimum absolute atomic E-state index is 0.234. The Kier molecular flexibility index (Phi) is 5.93. The van der Waals surface area contributed by atoms with Gasteiger partial charge in [-0.1, -0.05) is 19.1 Å². The number of nitrogens with one attached hydrogen (secondary N) is 1. The molecule has 1 rings (SSSR count). The summed E-state index contributed by atoms with van der Waals surface area (Å²) in [5.41, 5.74) is 0.644. The second-order valence-electron chi connectivity index (χ2n) is 4.58. The number of sulfone groups is 1. The van der Waals surface area contributed by atoms with Gasteiger partial charge in [-0.05, 0) is 24.1 Å². The molecule has 0 heterocycles. The van der Waals surface area contributed by atoms with Gasteiger partial charge in [0.05, 0.1) is 17.1 Å². The van der Waals surface area contributed by atoms with Crippen molar-refractivity contribution in [2.75, 3.05) is 19.3 Å². The molecule has 0 amide bonds. The van der Waals surface area contributed by atoms with Crippen LogP contribution in [-0.2, 0) is 9.84 Å². The smallest absolute Gasteiger partial charge is 0.175 e. The summed E-state index contributed by atoms with van der Waals surface area (Å²) >= 11 is 0. The molecule has 0 bridgehead atoms. The van der Waals surface area contributed by atoms with Crippen molar-refractivity contribution in [2.24, 2.45) is 0 Å². The second kappa shape index (κ2) is 7.00. The van der Waals surface area contributed by atoms with E-state index in [0.29, 0.717) is 25.1 Å². The summed E-state index contributed by atoms with van der Waals surface area (Å²) in [7, 11) is -3.21. The van der Waals surface area contributed by atoms with Gasteiger partial charge < -0.3 is 15.5 Å². The fraction of sp³-hybridized carbons (Fsp3) is 0.538. The third-order valence-corrected chi connectivity index (χ3v) is 4.01. The van der Waals surface area contributed by atoms with E-state index in [1.54, 1.807) is 12.1 Å². The standard InChI is InChI=1S/C13H21NO4S/c1-3-11(15)8-14-9-13(16)10-4-6-12(7-5-10)19(2,17)18/h4-7,11,13-16H,3,8-9H2,1-2H3. The highest BCUT2D eigenvalue weighted by Gasteiger charge is 2.11. The van der Waals surface area contributed by atoms with Crippen LogP contribution in [0.25, 0.3) is 0 Å². The van der Waals surface area contributed by atoms with Crippen LogP contribution in [-0.4, -0.2) is 44.1 Å². The van der Waals surface area contributed by atoms with Crippen LogP contribution >= 0.6 is 0 Å². The van der Waals surface area contributed by atoms with Crippen LogP contribution in [0.4, 0.5) is 0 Å². The Hall–Kier alpha value is -0.950. The van der Waals surface area contributed by atoms with Crippen molar-refractivity contribution in [3.63, 3.8) is 0 Å². The first-order valence-electron chi connectivity index (χ1n) is 6.21. The molecule has 108 valence electrons. The van der Waals surface area contributed by atoms with E-state index in [2.05, 4.69) is 5.32 Å². The number of aliphatic hydroxyl groups excluding tert-OH is 2. The van der Waals surface area contributed by atoms with Crippen LogP contribution in [0.1, 0.15) is 25.0 Å². The Morgan fingerprint density at radius 1 is 1.16 bits per heavy atom. The maximum Gasteiger partial charge on any atom is 0.175 e. The molecule has 0 aliphatic carbocycles. The molecule has 0 spiro atoms. The van der Waals surface area contributed by atoms with E-state index in [0.717, 1.165) is 6.26 Å². The Morgan fingerprint density at radius 3 is 2.21 bits per heavy atom. The minimum Gasteiger partial charge on any atom is -0.392 e. The molecule has 2 unspecified atom stereocenters. The lowest BCUT2D eigenvalue weighted by Gasteiger charge is -2.14. The fourth-order valence-corrected chi connectivity index (χ4v) is 2.22. The average Bonchev–Trinajstić information content (AvgIpc) is 2.37. The van der Waals surface area contributed by atoms with Crippen molar-refractivity contribution in [3.05, 3.63) is 29.8 Å². The van der Waals surface area contributed by atoms with E-state index in [-0.39, 0.29) is 4.90 Å². The Bertz CT molecular complexity index is 484. The molecular weight excluding hydrogens is 266 g/mol. The highest BCUT2D eigenvalue weighted by molar-refractivity contribution is 7.90. The molecule has 0 radical (unpaired) electrons. The predicted molar refractivity (Wildman–Crippen MR) is 73.7 cm³/mol. The van der Waals surface area contributed by atoms with E-state index in [1.807, 2.05) is 6.92 Å². The summed E-state index contributed by atoms with van der Waals surface area (Å²) < 4.78 is 22.6. The lowest BCUT2D eigenvalue weighted by Crippen LogP contribution is -2.29. The van der Waals surface area contributed by atoms with Crippen LogP contribution < -0.4 is 5.32 Å². The van der Waals surface area contributed by atoms with Gasteiger partial charge in [0.25, 0.3) is 0 Å². The largest absolute Gasteiger partial charge is 0.392 e. The number of aliphatic hydroxyl groups is 2. The van der Waals surface area contributed by atoms with Crippen LogP contribution in [0.5, 0.6) is 0 Å². The quantitative estimate of drug-likeness (QED) is 0.679. The van der Waals surface area contributed by atoms with E-state index in [1.165, 1.54) is 12.1 Å². The SMILES string of the molecule is CCC(O)CNCC(O)c1ccc(S(C)(=O)=O)cc1. The normalized spacial score (nSPS) is 15.2. The van der Waals surface area contributed by atoms with Gasteiger partial charge in [-0.3, -0.25) is 0 Å². The van der Waals surface area contributed by atoms with Crippen LogP contribution in [0.3, 0.4) is 0 Å². The molecule has 0 saturated carbocycles. The predicted octanol–water partition coefficient (Wildman–Crippen LogP) is 0.484. The topological polar surface area (TPSA) is 86.6 Å². The maximum atomic E-state index is 11.3. The summed E-state index contributed by atoms with van der Waals surface area (Å²) in [5.74, 6) is 0. The summed E-state index contributed by atoms with van der Waals surface area (Å²) in [6, 6.07) is 6.15. The van der Waals surface area contributed by atoms with Crippen molar-refractivity contribution in [3.8, 4) is 0 Å². The van der Waals surface area contributed by atoms with Gasteiger partial charge in [-0.2, -0.15) is 0 Å². The molecular formula is C13H21NO4S. The van der Waals surface area contributed by atoms with Crippen LogP contribution in [0.15, 0.2) is 29.2 Å². The molecule has 19 heavy (non-hydrogen) atoms. The van der Waals surface area contributed by atoms with Crippen molar-refractivity contribution in [1.82, 2.24) is 5.32 Å². The molecule has 0 aliphatic heterocycles. The van der Waals surface area contributed by atoms with Gasteiger partial charge in [-0.15, -0.1) is 0 Å². The van der Waals surface area contributed by atoms with Crippen LogP contribution in [0, 0.1) is 0 Å². The van der Waals surface area contributed by atoms with E-state index >= 15 is 0 Å². The zero-order chi connectivity index (χ0) is 14.5. The molecule has 3 N–H and O–H groups in total. The molecule has 6 heteroatoms. The molecule has 0 aromatic heterocycles. The van der Waals surface area contributed by atoms with Crippen molar-refractivity contribution in [1.29, 1.82) is 0 Å². The Labute approximate surface area is 114 Å². The van der Waals surface area contributed by atoms with E-state index in [9.17, 15) is 18.6 Å². The van der Waals surface area contributed by atoms with Crippen molar-refractivity contribution in [2.45, 2.75) is 30.4 Å². The molecule has 0 saturated heterocycles. The van der Waals surface area contributed by atoms with Gasteiger partial charge in [0.1, 0.15) is 0 Å². The first-order chi connectivity index (χ1) is 8.84. The van der Waals surface area contributed by atoms with Crippen LogP contribution in [0.2, 0.25) is 0 Å². The summed E-state index contributed by atoms with van der Waals surface area (Å²) in [5, 5.41) is 22.2. The lowest BCUT2D eigenvalue weighted by atomic mass is 10.1. The van der Waals surface area contributed by atoms with Crippen molar-refractivity contribution >= 4 is 9.84 Å². The third kappa shape index (κ3) is 5.28. The molecule has 2 atom stereocenters. The molecule has 0 fully saturated rings. The number of rotatable bonds is 7. The number of benzene rings is 1. The monoisotopic (exact) mass is 287 g/mol. The van der Waals surface area contributed by atoms with Gasteiger partial charge >= 0.3 is 0 Å². The molecule has 1 aromatic rings. The zero-order valence-electron chi connectivity index (χ0n) is 11.2. The zero-order valence-corrected chi connectivity index (χ0v) is 12.0. The summed E-state index contributed by atoms with van der Waals surface area (Å²) in [6.45, 7) is 2.62. The average molecular weight is 287 g/mol. The van der Waals surface area contributed by atoms with Gasteiger partial charge in [-0.25, -0.2) is 8.42 Å². The van der Waals surface area contributed by atoms with E-state index in [4.69, 9.17) is 0 Å². The summed E-state index contributed by atoms with van der Waals surface area (Å²) in [4.78, 5) is 0.234. The first kappa shape index (κ1) is 16.1. The van der Waals surface area contributed by atoms with Crippen molar-refractivity contribution < 1.29 is 18.6 Å². The summed E-state index contributed by atoms with van der Waals surface area (Å²) in [6.07, 6.45) is 0.663. The number of hydrogen-bond donors (Lipinski definition) is 3. The second-order valence-corrected chi connectivity index (χ2v) is 6.59. The van der Waals surface area contributed by atoms with Gasteiger partial charge in [0, 0.05) is 19.3 Å². The highest BCUT2D eigenvalue weighted by Crippen LogP contribution is 2.15. The lowest BCUT2D eigenvalue weighted by molar-refractivity contribution is 0.144. The third-order valence-electron chi connectivity index (χ3n) is 2.88. The molecule has 5 nitrogen and oxygen atoms in total. The first-order valence-corrected chi connectivity index (χ1v) is 8.10. The molecule has 1 aromatic carbocycles. The fourth-order valence-electron chi connectivity index (χ4n) is 1.59. The Morgan fingerprint density at radius 2 is 1.74 bits per heavy atom. The maximum absolute atomic E-state index is 11.3. The van der Waals surface area contributed by atoms with Gasteiger partial charge in [0.2, 0.25) is 0 Å². The number of hydrogen-bond acceptors (Lipinski definition) is 5. The van der Waals surface area contributed by atoms with Gasteiger partial charge in [0.15, 0.2) is 9.84 Å². The van der Waals surface area contributed by atoms with E-state index < -0.39 is 22.0 Å². The Balaban J connectivity index is 2.56.